The molecule has 3 heteroatoms. The summed E-state index contributed by atoms with van der Waals surface area (Å²) in [5.41, 5.74) is 7.71. The average molecular weight is 244 g/mol. The van der Waals surface area contributed by atoms with Crippen molar-refractivity contribution < 1.29 is 4.79 Å². The van der Waals surface area contributed by atoms with Crippen LogP contribution in [0.15, 0.2) is 30.3 Å². The van der Waals surface area contributed by atoms with Gasteiger partial charge in [0.25, 0.3) is 0 Å². The van der Waals surface area contributed by atoms with E-state index in [9.17, 15) is 4.79 Å². The van der Waals surface area contributed by atoms with Crippen LogP contribution in [0.1, 0.15) is 25.8 Å². The van der Waals surface area contributed by atoms with Crippen molar-refractivity contribution in [2.45, 2.75) is 20.3 Å². The summed E-state index contributed by atoms with van der Waals surface area (Å²) in [5.74, 6) is 0.598. The Morgan fingerprint density at radius 3 is 2.61 bits per heavy atom. The first-order chi connectivity index (χ1) is 8.47. The molecule has 0 heterocycles. The molecule has 1 aromatic rings. The van der Waals surface area contributed by atoms with Gasteiger partial charge in [0.2, 0.25) is 5.91 Å². The number of carbonyl (C=O) groups is 1. The maximum atomic E-state index is 11.6. The van der Waals surface area contributed by atoms with E-state index in [2.05, 4.69) is 19.2 Å². The third kappa shape index (κ3) is 3.36. The van der Waals surface area contributed by atoms with Crippen molar-refractivity contribution in [2.24, 2.45) is 11.3 Å². The van der Waals surface area contributed by atoms with Gasteiger partial charge >= 0.3 is 0 Å². The van der Waals surface area contributed by atoms with Gasteiger partial charge in [-0.25, -0.2) is 0 Å². The topological polar surface area (TPSA) is 55.1 Å². The highest BCUT2D eigenvalue weighted by molar-refractivity contribution is 5.91. The Bertz CT molecular complexity index is 460. The summed E-state index contributed by atoms with van der Waals surface area (Å²) in [5, 5.41) is 2.93. The molecule has 1 aliphatic rings. The number of carbonyl (C=O) groups excluding carboxylic acids is 1. The zero-order chi connectivity index (χ0) is 13.2. The molecule has 1 saturated carbocycles. The normalized spacial score (nSPS) is 20.9. The van der Waals surface area contributed by atoms with E-state index in [0.717, 1.165) is 17.8 Å². The summed E-state index contributed by atoms with van der Waals surface area (Å²) in [6, 6.07) is 7.43. The van der Waals surface area contributed by atoms with Crippen LogP contribution in [0.3, 0.4) is 0 Å². The lowest BCUT2D eigenvalue weighted by atomic mass is 10.1. The summed E-state index contributed by atoms with van der Waals surface area (Å²) in [7, 11) is 0. The van der Waals surface area contributed by atoms with Crippen LogP contribution >= 0.6 is 0 Å². The molecule has 0 saturated heterocycles. The van der Waals surface area contributed by atoms with E-state index in [4.69, 9.17) is 5.73 Å². The van der Waals surface area contributed by atoms with Crippen LogP contribution < -0.4 is 11.1 Å². The van der Waals surface area contributed by atoms with Crippen LogP contribution in [0.2, 0.25) is 0 Å². The van der Waals surface area contributed by atoms with Crippen LogP contribution in [0, 0.1) is 11.3 Å². The molecule has 3 nitrogen and oxygen atoms in total. The zero-order valence-electron chi connectivity index (χ0n) is 10.9. The molecule has 1 aliphatic carbocycles. The van der Waals surface area contributed by atoms with Crippen molar-refractivity contribution in [1.82, 2.24) is 5.32 Å². The number of anilines is 1. The summed E-state index contributed by atoms with van der Waals surface area (Å²) in [6.45, 7) is 5.24. The van der Waals surface area contributed by atoms with Crippen molar-refractivity contribution in [3.8, 4) is 0 Å². The van der Waals surface area contributed by atoms with Gasteiger partial charge in [-0.1, -0.05) is 26.0 Å². The Morgan fingerprint density at radius 1 is 1.44 bits per heavy atom. The number of nitrogens with one attached hydrogen (secondary N) is 1. The number of hydrogen-bond donors (Lipinski definition) is 2. The standard InChI is InChI=1S/C15H20N2O/c1-15(2)9-12(15)10-17-14(18)8-5-11-3-6-13(16)7-4-11/h3-8,12H,9-10,16H2,1-2H3,(H,17,18)/b8-5+. The molecule has 2 rings (SSSR count). The third-order valence-electron chi connectivity index (χ3n) is 3.60. The molecule has 1 amide bonds. The lowest BCUT2D eigenvalue weighted by Crippen LogP contribution is -2.24. The Labute approximate surface area is 108 Å². The number of hydrogen-bond acceptors (Lipinski definition) is 2. The first-order valence-corrected chi connectivity index (χ1v) is 6.29. The Morgan fingerprint density at radius 2 is 2.06 bits per heavy atom. The van der Waals surface area contributed by atoms with E-state index in [0.29, 0.717) is 11.3 Å². The van der Waals surface area contributed by atoms with Gasteiger partial charge in [0, 0.05) is 18.3 Å². The summed E-state index contributed by atoms with van der Waals surface area (Å²) in [4.78, 5) is 11.6. The molecule has 3 N–H and O–H groups in total. The predicted molar refractivity (Wildman–Crippen MR) is 74.8 cm³/mol. The molecule has 1 atom stereocenters. The van der Waals surface area contributed by atoms with Gasteiger partial charge in [-0.3, -0.25) is 4.79 Å². The smallest absolute Gasteiger partial charge is 0.244 e. The van der Waals surface area contributed by atoms with Crippen molar-refractivity contribution in [3.05, 3.63) is 35.9 Å². The van der Waals surface area contributed by atoms with Crippen LogP contribution in [0.4, 0.5) is 5.69 Å². The highest BCUT2D eigenvalue weighted by Crippen LogP contribution is 2.50. The lowest BCUT2D eigenvalue weighted by Gasteiger charge is -2.03. The van der Waals surface area contributed by atoms with Gasteiger partial charge in [-0.05, 0) is 41.5 Å². The second-order valence-electron chi connectivity index (χ2n) is 5.63. The Hall–Kier alpha value is -1.77. The molecule has 0 aliphatic heterocycles. The van der Waals surface area contributed by atoms with Gasteiger partial charge in [0.15, 0.2) is 0 Å². The van der Waals surface area contributed by atoms with Gasteiger partial charge < -0.3 is 11.1 Å². The molecule has 0 aromatic heterocycles. The monoisotopic (exact) mass is 244 g/mol. The van der Waals surface area contributed by atoms with Crippen molar-refractivity contribution in [3.63, 3.8) is 0 Å². The van der Waals surface area contributed by atoms with Crippen molar-refractivity contribution >= 4 is 17.7 Å². The molecule has 1 aromatic carbocycles. The van der Waals surface area contributed by atoms with Gasteiger partial charge in [0.1, 0.15) is 0 Å². The van der Waals surface area contributed by atoms with Crippen LogP contribution in [0.25, 0.3) is 6.08 Å². The number of amides is 1. The number of benzene rings is 1. The van der Waals surface area contributed by atoms with E-state index in [1.54, 1.807) is 12.2 Å². The molecule has 1 unspecified atom stereocenters. The summed E-state index contributed by atoms with van der Waals surface area (Å²) >= 11 is 0. The zero-order valence-corrected chi connectivity index (χ0v) is 10.9. The van der Waals surface area contributed by atoms with E-state index >= 15 is 0 Å². The average Bonchev–Trinajstić information content (AvgIpc) is 2.94. The fraction of sp³-hybridized carbons (Fsp3) is 0.400. The lowest BCUT2D eigenvalue weighted by molar-refractivity contribution is -0.116. The van der Waals surface area contributed by atoms with Gasteiger partial charge in [-0.15, -0.1) is 0 Å². The molecule has 0 radical (unpaired) electrons. The number of rotatable bonds is 4. The molecular formula is C15H20N2O. The molecule has 0 spiro atoms. The van der Waals surface area contributed by atoms with E-state index in [1.165, 1.54) is 6.42 Å². The van der Waals surface area contributed by atoms with Crippen LogP contribution in [-0.4, -0.2) is 12.5 Å². The summed E-state index contributed by atoms with van der Waals surface area (Å²) in [6.07, 6.45) is 4.57. The first kappa shape index (κ1) is 12.7. The van der Waals surface area contributed by atoms with E-state index < -0.39 is 0 Å². The molecule has 96 valence electrons. The minimum absolute atomic E-state index is 0.0328. The van der Waals surface area contributed by atoms with E-state index in [1.807, 2.05) is 24.3 Å². The van der Waals surface area contributed by atoms with Crippen LogP contribution in [0.5, 0.6) is 0 Å². The minimum Gasteiger partial charge on any atom is -0.399 e. The van der Waals surface area contributed by atoms with Gasteiger partial charge in [0.05, 0.1) is 0 Å². The second-order valence-corrected chi connectivity index (χ2v) is 5.63. The van der Waals surface area contributed by atoms with Crippen molar-refractivity contribution in [2.75, 3.05) is 12.3 Å². The summed E-state index contributed by atoms with van der Waals surface area (Å²) < 4.78 is 0. The van der Waals surface area contributed by atoms with E-state index in [-0.39, 0.29) is 5.91 Å². The Kier molecular flexibility index (Phi) is 3.41. The molecule has 1 fully saturated rings. The highest BCUT2D eigenvalue weighted by atomic mass is 16.1. The quantitative estimate of drug-likeness (QED) is 0.631. The fourth-order valence-corrected chi connectivity index (χ4v) is 1.99. The third-order valence-corrected chi connectivity index (χ3v) is 3.60. The SMILES string of the molecule is CC1(C)CC1CNC(=O)/C=C/c1ccc(N)cc1. The maximum Gasteiger partial charge on any atom is 0.244 e. The largest absolute Gasteiger partial charge is 0.399 e. The maximum absolute atomic E-state index is 11.6. The van der Waals surface area contributed by atoms with Crippen molar-refractivity contribution in [1.29, 1.82) is 0 Å². The molecule has 18 heavy (non-hydrogen) atoms. The second kappa shape index (κ2) is 4.84. The first-order valence-electron chi connectivity index (χ1n) is 6.29. The molecular weight excluding hydrogens is 224 g/mol. The van der Waals surface area contributed by atoms with Gasteiger partial charge in [-0.2, -0.15) is 0 Å². The minimum atomic E-state index is -0.0328. The fourth-order valence-electron chi connectivity index (χ4n) is 1.99. The number of nitrogens with two attached hydrogens (primary N) is 1. The molecule has 0 bridgehead atoms. The number of nitrogen functional groups attached to an aromatic ring is 1. The predicted octanol–water partition coefficient (Wildman–Crippen LogP) is 2.44. The van der Waals surface area contributed by atoms with Crippen LogP contribution in [-0.2, 0) is 4.79 Å². The Balaban J connectivity index is 1.78. The highest BCUT2D eigenvalue weighted by Gasteiger charge is 2.45.